The summed E-state index contributed by atoms with van der Waals surface area (Å²) in [6.07, 6.45) is -3.58. The van der Waals surface area contributed by atoms with Crippen LogP contribution in [0, 0.1) is 5.82 Å². The summed E-state index contributed by atoms with van der Waals surface area (Å²) in [6, 6.07) is 6.71. The lowest BCUT2D eigenvalue weighted by molar-refractivity contribution is -0.173. The molecule has 1 amide bonds. The zero-order valence-electron chi connectivity index (χ0n) is 14.9. The zero-order chi connectivity index (χ0) is 20.6. The molecule has 3 aromatic rings. The van der Waals surface area contributed by atoms with E-state index in [9.17, 15) is 22.4 Å². The van der Waals surface area contributed by atoms with Crippen LogP contribution in [0.15, 0.2) is 48.0 Å². The Hall–Kier alpha value is -2.88. The molecule has 0 bridgehead atoms. The molecule has 10 heteroatoms. The van der Waals surface area contributed by atoms with E-state index in [0.717, 1.165) is 15.8 Å². The fourth-order valence-electron chi connectivity index (χ4n) is 3.28. The van der Waals surface area contributed by atoms with Gasteiger partial charge in [-0.3, -0.25) is 4.79 Å². The number of hydrogen-bond acceptors (Lipinski definition) is 4. The van der Waals surface area contributed by atoms with E-state index < -0.39 is 30.0 Å². The summed E-state index contributed by atoms with van der Waals surface area (Å²) in [4.78, 5) is 13.4. The van der Waals surface area contributed by atoms with Crippen LogP contribution in [0.3, 0.4) is 0 Å². The van der Waals surface area contributed by atoms with Crippen LogP contribution in [-0.2, 0) is 6.54 Å². The lowest BCUT2D eigenvalue weighted by atomic mass is 10.0. The molecule has 2 aromatic heterocycles. The summed E-state index contributed by atoms with van der Waals surface area (Å²) < 4.78 is 54.7. The number of nitrogens with one attached hydrogen (secondary N) is 2. The Balaban J connectivity index is 1.59. The highest BCUT2D eigenvalue weighted by Gasteiger charge is 2.47. The number of carbonyl (C=O) groups excluding carboxylic acids is 1. The van der Waals surface area contributed by atoms with Crippen molar-refractivity contribution in [1.82, 2.24) is 15.1 Å². The largest absolute Gasteiger partial charge is 0.410 e. The van der Waals surface area contributed by atoms with Crippen molar-refractivity contribution in [2.24, 2.45) is 0 Å². The first-order chi connectivity index (χ1) is 13.8. The Morgan fingerprint density at radius 1 is 1.28 bits per heavy atom. The van der Waals surface area contributed by atoms with Crippen LogP contribution in [-0.4, -0.2) is 21.9 Å². The molecular formula is C19H16F4N4OS. The number of thiophene rings is 1. The molecular weight excluding hydrogens is 408 g/mol. The SMILES string of the molecule is O=C(NCc1ccc(F)cc1)c1cnn2c1N[C@H](c1cccs1)C[C@@H]2C(F)(F)F. The predicted molar refractivity (Wildman–Crippen MR) is 100 cm³/mol. The van der Waals surface area contributed by atoms with Crippen molar-refractivity contribution in [1.29, 1.82) is 0 Å². The van der Waals surface area contributed by atoms with Gasteiger partial charge in [-0.2, -0.15) is 18.3 Å². The van der Waals surface area contributed by atoms with Gasteiger partial charge in [-0.25, -0.2) is 9.07 Å². The van der Waals surface area contributed by atoms with Crippen molar-refractivity contribution in [3.63, 3.8) is 0 Å². The summed E-state index contributed by atoms with van der Waals surface area (Å²) in [5, 5.41) is 11.3. The first-order valence-corrected chi connectivity index (χ1v) is 9.67. The smallest absolute Gasteiger partial charge is 0.362 e. The van der Waals surface area contributed by atoms with Crippen LogP contribution >= 0.6 is 11.3 Å². The van der Waals surface area contributed by atoms with E-state index in [1.807, 2.05) is 0 Å². The van der Waals surface area contributed by atoms with Gasteiger partial charge < -0.3 is 10.6 Å². The third-order valence-corrected chi connectivity index (χ3v) is 5.72. The highest BCUT2D eigenvalue weighted by molar-refractivity contribution is 7.10. The van der Waals surface area contributed by atoms with Gasteiger partial charge in [0.15, 0.2) is 6.04 Å². The summed E-state index contributed by atoms with van der Waals surface area (Å²) in [5.74, 6) is -0.919. The third kappa shape index (κ3) is 3.98. The average Bonchev–Trinajstić information content (AvgIpc) is 3.35. The minimum atomic E-state index is -4.50. The van der Waals surface area contributed by atoms with E-state index in [0.29, 0.717) is 5.56 Å². The first kappa shape index (κ1) is 19.4. The number of aromatic nitrogens is 2. The monoisotopic (exact) mass is 424 g/mol. The maximum absolute atomic E-state index is 13.6. The third-order valence-electron chi connectivity index (χ3n) is 4.74. The molecule has 152 valence electrons. The number of alkyl halides is 3. The van der Waals surface area contributed by atoms with Crippen LogP contribution in [0.1, 0.15) is 39.3 Å². The van der Waals surface area contributed by atoms with Gasteiger partial charge in [-0.15, -0.1) is 11.3 Å². The Labute approximate surface area is 167 Å². The molecule has 2 N–H and O–H groups in total. The maximum atomic E-state index is 13.6. The number of benzene rings is 1. The molecule has 0 saturated carbocycles. The molecule has 1 aliphatic heterocycles. The van der Waals surface area contributed by atoms with Crippen molar-refractivity contribution in [3.8, 4) is 0 Å². The summed E-state index contributed by atoms with van der Waals surface area (Å²) in [7, 11) is 0. The van der Waals surface area contributed by atoms with Gasteiger partial charge in [0.05, 0.1) is 12.2 Å². The molecule has 1 aromatic carbocycles. The van der Waals surface area contributed by atoms with Crippen LogP contribution in [0.4, 0.5) is 23.4 Å². The highest BCUT2D eigenvalue weighted by Crippen LogP contribution is 2.45. The first-order valence-electron chi connectivity index (χ1n) is 8.79. The van der Waals surface area contributed by atoms with Gasteiger partial charge in [0.2, 0.25) is 0 Å². The van der Waals surface area contributed by atoms with Gasteiger partial charge in [0, 0.05) is 17.8 Å². The number of halogens is 4. The molecule has 0 fully saturated rings. The Kier molecular flexibility index (Phi) is 5.03. The number of rotatable bonds is 4. The number of anilines is 1. The van der Waals surface area contributed by atoms with E-state index >= 15 is 0 Å². The molecule has 0 radical (unpaired) electrons. The molecule has 1 aliphatic rings. The van der Waals surface area contributed by atoms with Crippen LogP contribution in [0.5, 0.6) is 0 Å². The fourth-order valence-corrected chi connectivity index (χ4v) is 4.08. The minimum Gasteiger partial charge on any atom is -0.362 e. The molecule has 2 atom stereocenters. The van der Waals surface area contributed by atoms with E-state index in [1.54, 1.807) is 17.5 Å². The van der Waals surface area contributed by atoms with Crippen molar-refractivity contribution >= 4 is 23.1 Å². The van der Waals surface area contributed by atoms with E-state index in [2.05, 4.69) is 15.7 Å². The van der Waals surface area contributed by atoms with Gasteiger partial charge in [-0.1, -0.05) is 18.2 Å². The highest BCUT2D eigenvalue weighted by atomic mass is 32.1. The molecule has 29 heavy (non-hydrogen) atoms. The van der Waals surface area contributed by atoms with Crippen molar-refractivity contribution in [2.45, 2.75) is 31.2 Å². The average molecular weight is 424 g/mol. The van der Waals surface area contributed by atoms with Crippen molar-refractivity contribution in [3.05, 3.63) is 69.8 Å². The standard InChI is InChI=1S/C19H16F4N4OS/c20-12-5-3-11(4-6-12)9-24-18(28)13-10-25-27-16(19(21,22)23)8-14(26-17(13)27)15-2-1-7-29-15/h1-7,10,14,16,26H,8-9H2,(H,24,28)/t14-,16+/m0/s1. The van der Waals surface area contributed by atoms with E-state index in [1.165, 1.54) is 35.6 Å². The van der Waals surface area contributed by atoms with Gasteiger partial charge >= 0.3 is 6.18 Å². The van der Waals surface area contributed by atoms with E-state index in [4.69, 9.17) is 0 Å². The number of hydrogen-bond donors (Lipinski definition) is 2. The molecule has 5 nitrogen and oxygen atoms in total. The number of fused-ring (bicyclic) bond motifs is 1. The summed E-state index contributed by atoms with van der Waals surface area (Å²) >= 11 is 1.35. The lowest BCUT2D eigenvalue weighted by Crippen LogP contribution is -2.36. The fraction of sp³-hybridized carbons (Fsp3) is 0.263. The van der Waals surface area contributed by atoms with Crippen LogP contribution < -0.4 is 10.6 Å². The van der Waals surface area contributed by atoms with Gasteiger partial charge in [-0.05, 0) is 29.1 Å². The quantitative estimate of drug-likeness (QED) is 0.599. The molecule has 0 aliphatic carbocycles. The number of carbonyl (C=O) groups is 1. The Morgan fingerprint density at radius 3 is 2.69 bits per heavy atom. The Morgan fingerprint density at radius 2 is 2.03 bits per heavy atom. The molecule has 4 rings (SSSR count). The predicted octanol–water partition coefficient (Wildman–Crippen LogP) is 4.67. The normalized spacial score (nSPS) is 18.8. The second kappa shape index (κ2) is 7.51. The molecule has 0 unspecified atom stereocenters. The molecule has 3 heterocycles. The Bertz CT molecular complexity index is 998. The summed E-state index contributed by atoms with van der Waals surface area (Å²) in [6.45, 7) is 0.112. The van der Waals surface area contributed by atoms with Crippen LogP contribution in [0.2, 0.25) is 0 Å². The topological polar surface area (TPSA) is 59.0 Å². The maximum Gasteiger partial charge on any atom is 0.410 e. The van der Waals surface area contributed by atoms with Crippen molar-refractivity contribution in [2.75, 3.05) is 5.32 Å². The second-order valence-corrected chi connectivity index (χ2v) is 7.65. The minimum absolute atomic E-state index is 0.0302. The summed E-state index contributed by atoms with van der Waals surface area (Å²) in [5.41, 5.74) is 0.695. The van der Waals surface area contributed by atoms with E-state index in [-0.39, 0.29) is 24.3 Å². The second-order valence-electron chi connectivity index (χ2n) is 6.67. The number of nitrogens with zero attached hydrogens (tertiary/aromatic N) is 2. The lowest BCUT2D eigenvalue weighted by Gasteiger charge is -2.33. The molecule has 0 saturated heterocycles. The van der Waals surface area contributed by atoms with Gasteiger partial charge in [0.1, 0.15) is 17.2 Å². The zero-order valence-corrected chi connectivity index (χ0v) is 15.7. The van der Waals surface area contributed by atoms with Gasteiger partial charge in [0.25, 0.3) is 5.91 Å². The van der Waals surface area contributed by atoms with Crippen molar-refractivity contribution < 1.29 is 22.4 Å². The molecule has 0 spiro atoms. The number of amides is 1. The van der Waals surface area contributed by atoms with Crippen LogP contribution in [0.25, 0.3) is 0 Å².